The minimum Gasteiger partial charge on any atom is -0.497 e. The van der Waals surface area contributed by atoms with Crippen LogP contribution in [0.4, 0.5) is 0 Å². The fourth-order valence-corrected chi connectivity index (χ4v) is 3.24. The van der Waals surface area contributed by atoms with Gasteiger partial charge in [0.25, 0.3) is 0 Å². The number of amides is 1. The third-order valence-corrected chi connectivity index (χ3v) is 4.75. The minimum atomic E-state index is 0.0879. The molecule has 2 rings (SSSR count). The molecule has 0 aliphatic carbocycles. The van der Waals surface area contributed by atoms with Gasteiger partial charge in [0.15, 0.2) is 0 Å². The Kier molecular flexibility index (Phi) is 7.52. The number of methoxy groups -OCH3 is 2. The number of nitrogens with one attached hydrogen (secondary N) is 1. The van der Waals surface area contributed by atoms with E-state index in [0.717, 1.165) is 49.5 Å². The predicted molar refractivity (Wildman–Crippen MR) is 99.2 cm³/mol. The molecular weight excluding hydrogens is 318 g/mol. The molecule has 0 aromatic heterocycles. The fourth-order valence-electron chi connectivity index (χ4n) is 3.24. The van der Waals surface area contributed by atoms with Crippen LogP contribution in [0.3, 0.4) is 0 Å². The highest BCUT2D eigenvalue weighted by Gasteiger charge is 2.20. The third-order valence-electron chi connectivity index (χ3n) is 4.75. The largest absolute Gasteiger partial charge is 0.497 e. The predicted octanol–water partition coefficient (Wildman–Crippen LogP) is 1.74. The molecule has 1 aromatic rings. The van der Waals surface area contributed by atoms with Gasteiger partial charge >= 0.3 is 0 Å². The van der Waals surface area contributed by atoms with Crippen molar-refractivity contribution in [2.45, 2.75) is 32.4 Å². The van der Waals surface area contributed by atoms with Crippen LogP contribution in [0.15, 0.2) is 18.2 Å². The van der Waals surface area contributed by atoms with E-state index in [4.69, 9.17) is 9.47 Å². The summed E-state index contributed by atoms with van der Waals surface area (Å²) in [6.07, 6.45) is 2.07. The number of hydrogen-bond acceptors (Lipinski definition) is 5. The second-order valence-corrected chi connectivity index (χ2v) is 6.63. The van der Waals surface area contributed by atoms with E-state index in [-0.39, 0.29) is 5.91 Å². The van der Waals surface area contributed by atoms with Gasteiger partial charge < -0.3 is 19.7 Å². The monoisotopic (exact) mass is 349 g/mol. The van der Waals surface area contributed by atoms with E-state index in [9.17, 15) is 4.79 Å². The maximum absolute atomic E-state index is 12.3. The summed E-state index contributed by atoms with van der Waals surface area (Å²) in [6, 6.07) is 6.06. The van der Waals surface area contributed by atoms with Gasteiger partial charge in [0.2, 0.25) is 5.91 Å². The SMILES string of the molecule is CCN1CCC(NC(=O)CN(C)Cc2ccc(OC)cc2OC)CC1. The molecule has 1 saturated heterocycles. The van der Waals surface area contributed by atoms with Crippen LogP contribution in [0.25, 0.3) is 0 Å². The average molecular weight is 349 g/mol. The lowest BCUT2D eigenvalue weighted by Gasteiger charge is -2.31. The van der Waals surface area contributed by atoms with Crippen molar-refractivity contribution >= 4 is 5.91 Å². The second kappa shape index (κ2) is 9.63. The smallest absolute Gasteiger partial charge is 0.234 e. The first kappa shape index (κ1) is 19.5. The van der Waals surface area contributed by atoms with Gasteiger partial charge in [-0.05, 0) is 32.5 Å². The van der Waals surface area contributed by atoms with Gasteiger partial charge in [0.05, 0.1) is 20.8 Å². The van der Waals surface area contributed by atoms with Crippen LogP contribution >= 0.6 is 0 Å². The van der Waals surface area contributed by atoms with Gasteiger partial charge in [-0.3, -0.25) is 9.69 Å². The summed E-state index contributed by atoms with van der Waals surface area (Å²) in [6.45, 7) is 6.44. The quantitative estimate of drug-likeness (QED) is 0.775. The Morgan fingerprint density at radius 1 is 1.28 bits per heavy atom. The highest BCUT2D eigenvalue weighted by molar-refractivity contribution is 5.78. The topological polar surface area (TPSA) is 54.0 Å². The summed E-state index contributed by atoms with van der Waals surface area (Å²) in [4.78, 5) is 16.7. The van der Waals surface area contributed by atoms with Crippen molar-refractivity contribution in [2.75, 3.05) is 47.4 Å². The number of carbonyl (C=O) groups is 1. The molecule has 0 spiro atoms. The Bertz CT molecular complexity index is 557. The zero-order valence-corrected chi connectivity index (χ0v) is 15.9. The summed E-state index contributed by atoms with van der Waals surface area (Å²) in [7, 11) is 5.23. The lowest BCUT2D eigenvalue weighted by atomic mass is 10.1. The van der Waals surface area contributed by atoms with E-state index in [0.29, 0.717) is 19.1 Å². The molecule has 25 heavy (non-hydrogen) atoms. The average Bonchev–Trinajstić information content (AvgIpc) is 2.62. The number of nitrogens with zero attached hydrogens (tertiary/aromatic N) is 2. The zero-order valence-electron chi connectivity index (χ0n) is 15.9. The van der Waals surface area contributed by atoms with Crippen molar-refractivity contribution in [3.63, 3.8) is 0 Å². The van der Waals surface area contributed by atoms with Gasteiger partial charge in [-0.15, -0.1) is 0 Å². The van der Waals surface area contributed by atoms with Crippen LogP contribution in [0.1, 0.15) is 25.3 Å². The number of carbonyl (C=O) groups excluding carboxylic acids is 1. The van der Waals surface area contributed by atoms with E-state index in [2.05, 4.69) is 17.1 Å². The molecule has 1 heterocycles. The van der Waals surface area contributed by atoms with E-state index < -0.39 is 0 Å². The van der Waals surface area contributed by atoms with Crippen LogP contribution in [-0.4, -0.2) is 69.2 Å². The lowest BCUT2D eigenvalue weighted by Crippen LogP contribution is -2.46. The number of hydrogen-bond donors (Lipinski definition) is 1. The minimum absolute atomic E-state index is 0.0879. The van der Waals surface area contributed by atoms with E-state index >= 15 is 0 Å². The number of likely N-dealkylation sites (tertiary alicyclic amines) is 1. The number of benzene rings is 1. The zero-order chi connectivity index (χ0) is 18.2. The molecule has 6 nitrogen and oxygen atoms in total. The summed E-state index contributed by atoms with van der Waals surface area (Å²) < 4.78 is 10.6. The van der Waals surface area contributed by atoms with Crippen LogP contribution in [-0.2, 0) is 11.3 Å². The molecule has 1 aromatic carbocycles. The molecule has 1 aliphatic rings. The lowest BCUT2D eigenvalue weighted by molar-refractivity contribution is -0.123. The molecule has 0 saturated carbocycles. The number of ether oxygens (including phenoxy) is 2. The van der Waals surface area contributed by atoms with Crippen molar-refractivity contribution in [3.8, 4) is 11.5 Å². The number of likely N-dealkylation sites (N-methyl/N-ethyl adjacent to an activating group) is 1. The Labute approximate surface area is 151 Å². The molecule has 0 bridgehead atoms. The molecular formula is C19H31N3O3. The van der Waals surface area contributed by atoms with Crippen LogP contribution in [0.2, 0.25) is 0 Å². The maximum Gasteiger partial charge on any atom is 0.234 e. The Balaban J connectivity index is 1.81. The highest BCUT2D eigenvalue weighted by Crippen LogP contribution is 2.25. The first-order chi connectivity index (χ1) is 12.0. The fraction of sp³-hybridized carbons (Fsp3) is 0.632. The van der Waals surface area contributed by atoms with Gasteiger partial charge in [-0.1, -0.05) is 13.0 Å². The van der Waals surface area contributed by atoms with Crippen molar-refractivity contribution in [1.29, 1.82) is 0 Å². The molecule has 0 radical (unpaired) electrons. The second-order valence-electron chi connectivity index (χ2n) is 6.63. The number of piperidine rings is 1. The van der Waals surface area contributed by atoms with Crippen molar-refractivity contribution < 1.29 is 14.3 Å². The van der Waals surface area contributed by atoms with Crippen LogP contribution < -0.4 is 14.8 Å². The van der Waals surface area contributed by atoms with E-state index in [1.54, 1.807) is 14.2 Å². The Morgan fingerprint density at radius 3 is 2.60 bits per heavy atom. The van der Waals surface area contributed by atoms with Crippen molar-refractivity contribution in [3.05, 3.63) is 23.8 Å². The third kappa shape index (κ3) is 5.90. The van der Waals surface area contributed by atoms with Crippen molar-refractivity contribution in [1.82, 2.24) is 15.1 Å². The van der Waals surface area contributed by atoms with Crippen LogP contribution in [0, 0.1) is 0 Å². The highest BCUT2D eigenvalue weighted by atomic mass is 16.5. The molecule has 0 atom stereocenters. The standard InChI is InChI=1S/C19H31N3O3/c1-5-22-10-8-16(9-11-22)20-19(23)14-21(2)13-15-6-7-17(24-3)12-18(15)25-4/h6-7,12,16H,5,8-11,13-14H2,1-4H3,(H,20,23). The normalized spacial score (nSPS) is 16.0. The summed E-state index contributed by atoms with van der Waals surface area (Å²) in [5, 5.41) is 3.17. The molecule has 1 fully saturated rings. The molecule has 1 aliphatic heterocycles. The molecule has 1 amide bonds. The van der Waals surface area contributed by atoms with Gasteiger partial charge in [-0.25, -0.2) is 0 Å². The molecule has 140 valence electrons. The van der Waals surface area contributed by atoms with E-state index in [1.807, 2.05) is 30.1 Å². The molecule has 6 heteroatoms. The van der Waals surface area contributed by atoms with Crippen LogP contribution in [0.5, 0.6) is 11.5 Å². The molecule has 1 N–H and O–H groups in total. The van der Waals surface area contributed by atoms with Gasteiger partial charge in [-0.2, -0.15) is 0 Å². The van der Waals surface area contributed by atoms with E-state index in [1.165, 1.54) is 0 Å². The van der Waals surface area contributed by atoms with Gasteiger partial charge in [0.1, 0.15) is 11.5 Å². The number of rotatable bonds is 8. The Hall–Kier alpha value is -1.79. The first-order valence-corrected chi connectivity index (χ1v) is 8.96. The summed E-state index contributed by atoms with van der Waals surface area (Å²) in [5.41, 5.74) is 1.04. The molecule has 0 unspecified atom stereocenters. The summed E-state index contributed by atoms with van der Waals surface area (Å²) in [5.74, 6) is 1.63. The Morgan fingerprint density at radius 2 is 2.00 bits per heavy atom. The maximum atomic E-state index is 12.3. The van der Waals surface area contributed by atoms with Crippen molar-refractivity contribution in [2.24, 2.45) is 0 Å². The summed E-state index contributed by atoms with van der Waals surface area (Å²) >= 11 is 0. The first-order valence-electron chi connectivity index (χ1n) is 8.96. The van der Waals surface area contributed by atoms with Gasteiger partial charge in [0, 0.05) is 37.3 Å².